The Kier molecular flexibility index (Phi) is 19.5. The number of likely N-dealkylation sites (N-methyl/N-ethyl adjacent to an activating group) is 1. The van der Waals surface area contributed by atoms with Gasteiger partial charge in [-0.05, 0) is 86.0 Å². The molecule has 1 fully saturated rings. The molecule has 3 unspecified atom stereocenters. The van der Waals surface area contributed by atoms with E-state index in [-0.39, 0.29) is 29.2 Å². The number of phosphoric ester groups is 1. The number of primary sulfonamides is 1. The zero-order chi connectivity index (χ0) is 55.3. The number of H-pyrrole nitrogens is 1. The summed E-state index contributed by atoms with van der Waals surface area (Å²) in [5, 5.41) is 18.5. The molecule has 4 heterocycles. The number of nitrogens with two attached hydrogens (primary N) is 2. The van der Waals surface area contributed by atoms with Crippen LogP contribution in [-0.4, -0.2) is 85.9 Å². The molecule has 1 aromatic heterocycles. The van der Waals surface area contributed by atoms with E-state index in [0.717, 1.165) is 61.6 Å². The number of rotatable bonds is 24. The minimum Gasteiger partial charge on any atom is -0.631 e. The molecule has 26 nitrogen and oxygen atoms in total. The van der Waals surface area contributed by atoms with Crippen LogP contribution in [0.25, 0.3) is 6.08 Å². The van der Waals surface area contributed by atoms with Gasteiger partial charge in [0.2, 0.25) is 21.6 Å². The number of hydrogen-bond acceptors (Lipinski definition) is 22. The molecule has 6 rings (SSSR count). The first-order chi connectivity index (χ1) is 35.0. The van der Waals surface area contributed by atoms with Gasteiger partial charge < -0.3 is 39.6 Å². The highest BCUT2D eigenvalue weighted by Crippen LogP contribution is 2.70. The molecule has 10 N–H and O–H groups in total. The second-order valence-corrected chi connectivity index (χ2v) is 24.9. The van der Waals surface area contributed by atoms with E-state index < -0.39 is 81.7 Å². The lowest BCUT2D eigenvalue weighted by Gasteiger charge is -2.29. The number of sulfonamides is 1. The summed E-state index contributed by atoms with van der Waals surface area (Å²) in [5.41, 5.74) is 2.99. The van der Waals surface area contributed by atoms with E-state index in [1.165, 1.54) is 18.3 Å². The Morgan fingerprint density at radius 1 is 0.987 bits per heavy atom. The SMILES string of the molecule is CCN1\C(=C/C=C/C=C/C2=[N+](CCCCCC(=O)N/C=C/c3cn([C@H]4CC(O)[C@@H](CO[P+]([O-])(O)O[P+]([O-])(O)O[P+]([O-])([O-])O)O4)c(=O)[nH]c3=O)c3ccc(SOON)cc3C2(C)C)C(C)(C)c2cc(S(N)(=O)=O)ccc21. The van der Waals surface area contributed by atoms with Gasteiger partial charge in [-0.1, -0.05) is 32.1 Å². The number of allylic oxidation sites excluding steroid dienone is 6. The second-order valence-electron chi connectivity index (χ2n) is 18.2. The van der Waals surface area contributed by atoms with E-state index in [2.05, 4.69) is 57.8 Å². The molecule has 410 valence electrons. The highest BCUT2D eigenvalue weighted by Gasteiger charge is 2.52. The molecule has 0 aliphatic carbocycles. The number of aromatic amines is 1. The fourth-order valence-corrected chi connectivity index (χ4v) is 12.8. The minimum atomic E-state index is -5.88. The molecule has 75 heavy (non-hydrogen) atoms. The predicted octanol–water partition coefficient (Wildman–Crippen LogP) is 0.700. The van der Waals surface area contributed by atoms with Gasteiger partial charge in [0.05, 0.1) is 34.0 Å². The van der Waals surface area contributed by atoms with Crippen LogP contribution in [0.5, 0.6) is 0 Å². The number of fused-ring (bicyclic) bond motifs is 2. The maximum atomic E-state index is 12.9. The van der Waals surface area contributed by atoms with Gasteiger partial charge in [0.1, 0.15) is 25.5 Å². The standard InChI is InChI=1S/C44H58N7O19P3S2/c1-6-49-33-19-17-30(75(46,63)64)24-32(33)44(4,5)37(49)13-9-7-10-14-38-43(2,3)31-23-29(74-68-67-45)16-18-34(31)50(38)22-12-8-11-15-39(53)47-21-20-28-26-51(42(55)48-41(28)54)40-25-35(52)36(66-40)27-65-72(59,60)70-73(61,62)69-71(56,57)58/h7,9-10,13-14,16-21,23-24,26,35-36,40,52H,6,8,11-12,15,22,25,27,45H2,1-5H3,(H7-,46,47,48,53,54,55,56,57,58,59,60,61,62,63,64)/b21-20+/t35?,36-,40-/m1/s1. The normalized spacial score (nSPS) is 21.7. The maximum absolute atomic E-state index is 12.9. The van der Waals surface area contributed by atoms with Gasteiger partial charge in [0.15, 0.2) is 5.71 Å². The summed E-state index contributed by atoms with van der Waals surface area (Å²) in [6, 6.07) is 10.9. The van der Waals surface area contributed by atoms with E-state index in [1.807, 2.05) is 63.3 Å². The van der Waals surface area contributed by atoms with Crippen LogP contribution in [0.3, 0.4) is 0 Å². The van der Waals surface area contributed by atoms with Gasteiger partial charge in [-0.15, -0.1) is 9.32 Å². The van der Waals surface area contributed by atoms with Crippen molar-refractivity contribution in [2.24, 2.45) is 11.0 Å². The van der Waals surface area contributed by atoms with Crippen molar-refractivity contribution >= 4 is 75.6 Å². The maximum Gasteiger partial charge on any atom is 0.483 e. The summed E-state index contributed by atoms with van der Waals surface area (Å²) < 4.78 is 49.6. The van der Waals surface area contributed by atoms with E-state index in [4.69, 9.17) is 25.0 Å². The topological polar surface area (TPSA) is 405 Å². The van der Waals surface area contributed by atoms with Crippen molar-refractivity contribution in [1.29, 1.82) is 0 Å². The fourth-order valence-electron chi connectivity index (χ4n) is 8.90. The zero-order valence-electron chi connectivity index (χ0n) is 41.0. The molecule has 5 atom stereocenters. The van der Waals surface area contributed by atoms with Gasteiger partial charge >= 0.3 is 22.0 Å². The van der Waals surface area contributed by atoms with Crippen molar-refractivity contribution < 1.29 is 84.4 Å². The highest BCUT2D eigenvalue weighted by atomic mass is 32.2. The predicted molar refractivity (Wildman–Crippen MR) is 269 cm³/mol. The summed E-state index contributed by atoms with van der Waals surface area (Å²) in [5.74, 6) is 4.74. The second kappa shape index (κ2) is 24.3. The molecule has 0 saturated carbocycles. The molecule has 3 aromatic rings. The van der Waals surface area contributed by atoms with Gasteiger partial charge in [-0.2, -0.15) is 24.8 Å². The minimum absolute atomic E-state index is 0.0584. The van der Waals surface area contributed by atoms with E-state index in [9.17, 15) is 57.3 Å². The van der Waals surface area contributed by atoms with Crippen LogP contribution >= 0.6 is 36.6 Å². The molecule has 2 aromatic carbocycles. The molecular weight excluding hydrogens is 1090 g/mol. The third-order valence-electron chi connectivity index (χ3n) is 12.4. The van der Waals surface area contributed by atoms with Crippen molar-refractivity contribution in [1.82, 2.24) is 14.9 Å². The first kappa shape index (κ1) is 60.2. The summed E-state index contributed by atoms with van der Waals surface area (Å²) in [7, 11) is -21.2. The first-order valence-electron chi connectivity index (χ1n) is 22.9. The first-order valence-corrected chi connectivity index (χ1v) is 29.7. The van der Waals surface area contributed by atoms with Gasteiger partial charge in [-0.25, -0.2) is 23.2 Å². The summed E-state index contributed by atoms with van der Waals surface area (Å²) in [6.45, 7) is 10.6. The third-order valence-corrected chi connectivity index (χ3v) is 17.7. The van der Waals surface area contributed by atoms with Gasteiger partial charge in [-0.3, -0.25) is 19.1 Å². The number of nitrogens with zero attached hydrogens (tertiary/aromatic N) is 3. The Bertz CT molecular complexity index is 2990. The number of anilines is 1. The van der Waals surface area contributed by atoms with Crippen LogP contribution in [0.4, 0.5) is 11.4 Å². The number of carbonyl (C=O) groups is 1. The largest absolute Gasteiger partial charge is 0.631 e. The lowest BCUT2D eigenvalue weighted by molar-refractivity contribution is -0.438. The van der Waals surface area contributed by atoms with E-state index in [1.54, 1.807) is 12.1 Å². The molecule has 1 saturated heterocycles. The number of unbranched alkanes of at least 4 members (excludes halogenated alkanes) is 2. The average Bonchev–Trinajstić information content (AvgIpc) is 3.85. The number of phosphoric acid groups is 3. The van der Waals surface area contributed by atoms with E-state index >= 15 is 0 Å². The molecule has 0 bridgehead atoms. The Hall–Kier alpha value is -4.03. The molecule has 0 spiro atoms. The van der Waals surface area contributed by atoms with E-state index in [0.29, 0.717) is 32.4 Å². The number of aliphatic hydroxyl groups is 1. The van der Waals surface area contributed by atoms with Crippen LogP contribution in [0.15, 0.2) is 104 Å². The molecule has 3 aliphatic heterocycles. The van der Waals surface area contributed by atoms with Crippen molar-refractivity contribution in [3.63, 3.8) is 0 Å². The molecule has 3 aliphatic rings. The molecule has 0 radical (unpaired) electrons. The number of ether oxygens (including phenoxy) is 1. The number of nitrogens with one attached hydrogen (secondary N) is 2. The Morgan fingerprint density at radius 2 is 1.72 bits per heavy atom. The van der Waals surface area contributed by atoms with Gasteiger partial charge in [0.25, 0.3) is 13.7 Å². The number of amides is 1. The van der Waals surface area contributed by atoms with Crippen LogP contribution in [-0.2, 0) is 52.9 Å². The van der Waals surface area contributed by atoms with Crippen molar-refractivity contribution in [3.05, 3.63) is 122 Å². The quantitative estimate of drug-likeness (QED) is 0.0116. The van der Waals surface area contributed by atoms with Crippen LogP contribution in [0, 0.1) is 0 Å². The summed E-state index contributed by atoms with van der Waals surface area (Å²) >= 11 is 0.979. The number of aliphatic hydroxyl groups excluding tert-OH is 1. The Balaban J connectivity index is 1.06. The van der Waals surface area contributed by atoms with Crippen LogP contribution < -0.4 is 52.1 Å². The number of aromatic nitrogens is 2. The van der Waals surface area contributed by atoms with Crippen LogP contribution in [0.1, 0.15) is 89.6 Å². The summed E-state index contributed by atoms with van der Waals surface area (Å²) in [6.07, 6.45) is 11.0. The Morgan fingerprint density at radius 3 is 2.40 bits per heavy atom. The summed E-state index contributed by atoms with van der Waals surface area (Å²) in [4.78, 5) is 120. The monoisotopic (exact) mass is 1150 g/mol. The van der Waals surface area contributed by atoms with Crippen molar-refractivity contribution in [3.8, 4) is 0 Å². The van der Waals surface area contributed by atoms with Crippen molar-refractivity contribution in [2.45, 2.75) is 106 Å². The average molecular weight is 1150 g/mol. The fraction of sp³-hybridized carbons (Fsp3) is 0.409. The molecular formula is C44H58N7O19P3S2. The van der Waals surface area contributed by atoms with Gasteiger partial charge in [0, 0.05) is 81.9 Å². The lowest BCUT2D eigenvalue weighted by atomic mass is 9.81. The number of carbonyl (C=O) groups excluding carboxylic acids is 1. The lowest BCUT2D eigenvalue weighted by Crippen LogP contribution is -2.34. The number of benzene rings is 2. The van der Waals surface area contributed by atoms with Crippen molar-refractivity contribution in [2.75, 3.05) is 24.6 Å². The smallest absolute Gasteiger partial charge is 0.483 e. The Labute approximate surface area is 437 Å². The number of hydrogen-bond donors (Lipinski definition) is 8. The highest BCUT2D eigenvalue weighted by molar-refractivity contribution is 7.94. The molecule has 1 amide bonds. The van der Waals surface area contributed by atoms with Crippen LogP contribution in [0.2, 0.25) is 0 Å². The zero-order valence-corrected chi connectivity index (χ0v) is 45.4. The third kappa shape index (κ3) is 15.2. The molecule has 31 heteroatoms.